The Labute approximate surface area is 91.0 Å². The smallest absolute Gasteiger partial charge is 0.142 e. The Bertz CT molecular complexity index is 363. The van der Waals surface area contributed by atoms with Gasteiger partial charge in [-0.25, -0.2) is 0 Å². The van der Waals surface area contributed by atoms with Gasteiger partial charge in [-0.15, -0.1) is 0 Å². The van der Waals surface area contributed by atoms with Gasteiger partial charge in [-0.05, 0) is 36.7 Å². The van der Waals surface area contributed by atoms with Gasteiger partial charge in [-0.1, -0.05) is 0 Å². The van der Waals surface area contributed by atoms with E-state index in [4.69, 9.17) is 4.74 Å². The molecule has 1 aromatic carbocycles. The van der Waals surface area contributed by atoms with Crippen LogP contribution in [0.15, 0.2) is 12.1 Å². The summed E-state index contributed by atoms with van der Waals surface area (Å²) >= 11 is 0. The summed E-state index contributed by atoms with van der Waals surface area (Å²) in [6, 6.07) is 4.36. The Morgan fingerprint density at radius 2 is 2.13 bits per heavy atom. The lowest BCUT2D eigenvalue weighted by molar-refractivity contribution is 0.312. The second kappa shape index (κ2) is 4.11. The van der Waals surface area contributed by atoms with E-state index in [1.165, 1.54) is 11.1 Å². The third kappa shape index (κ3) is 1.92. The molecule has 3 nitrogen and oxygen atoms in total. The summed E-state index contributed by atoms with van der Waals surface area (Å²) in [4.78, 5) is 2.34. The first-order valence-corrected chi connectivity index (χ1v) is 5.30. The Balaban J connectivity index is 2.41. The van der Waals surface area contributed by atoms with Crippen molar-refractivity contribution in [1.82, 2.24) is 4.90 Å². The number of nitrogens with one attached hydrogen (secondary N) is 1. The standard InChI is InChI=1S/C12H18N2O/c1-13-11-6-10-8-14(2)5-4-9(10)7-12(11)15-3/h6-7,13H,4-5,8H2,1-3H3. The van der Waals surface area contributed by atoms with Crippen LogP contribution in [0.5, 0.6) is 5.75 Å². The van der Waals surface area contributed by atoms with E-state index in [1.54, 1.807) is 7.11 Å². The summed E-state index contributed by atoms with van der Waals surface area (Å²) < 4.78 is 5.35. The number of methoxy groups -OCH3 is 1. The molecule has 0 saturated heterocycles. The van der Waals surface area contributed by atoms with Crippen LogP contribution in [0.1, 0.15) is 11.1 Å². The van der Waals surface area contributed by atoms with E-state index in [1.807, 2.05) is 7.05 Å². The Morgan fingerprint density at radius 1 is 1.33 bits per heavy atom. The average Bonchev–Trinajstić information content (AvgIpc) is 2.27. The molecule has 0 bridgehead atoms. The van der Waals surface area contributed by atoms with Gasteiger partial charge >= 0.3 is 0 Å². The average molecular weight is 206 g/mol. The van der Waals surface area contributed by atoms with Gasteiger partial charge in [-0.3, -0.25) is 0 Å². The third-order valence-corrected chi connectivity index (χ3v) is 2.99. The number of benzene rings is 1. The summed E-state index contributed by atoms with van der Waals surface area (Å²) in [6.07, 6.45) is 1.12. The summed E-state index contributed by atoms with van der Waals surface area (Å²) in [7, 11) is 5.81. The second-order valence-corrected chi connectivity index (χ2v) is 4.06. The minimum absolute atomic E-state index is 0.945. The van der Waals surface area contributed by atoms with Crippen molar-refractivity contribution < 1.29 is 4.74 Å². The van der Waals surface area contributed by atoms with Gasteiger partial charge < -0.3 is 15.0 Å². The van der Waals surface area contributed by atoms with Crippen molar-refractivity contribution in [2.75, 3.05) is 33.1 Å². The first-order chi connectivity index (χ1) is 7.24. The molecule has 1 aromatic rings. The molecule has 2 rings (SSSR count). The lowest BCUT2D eigenvalue weighted by atomic mass is 9.99. The molecular weight excluding hydrogens is 188 g/mol. The quantitative estimate of drug-likeness (QED) is 0.797. The molecule has 1 aliphatic rings. The van der Waals surface area contributed by atoms with Crippen LogP contribution in [0.25, 0.3) is 0 Å². The molecule has 1 N–H and O–H groups in total. The van der Waals surface area contributed by atoms with Gasteiger partial charge in [0.05, 0.1) is 12.8 Å². The number of likely N-dealkylation sites (N-methyl/N-ethyl adjacent to an activating group) is 1. The van der Waals surface area contributed by atoms with Crippen LogP contribution in [0.4, 0.5) is 5.69 Å². The fraction of sp³-hybridized carbons (Fsp3) is 0.500. The van der Waals surface area contributed by atoms with Crippen LogP contribution >= 0.6 is 0 Å². The molecule has 82 valence electrons. The van der Waals surface area contributed by atoms with Crippen molar-refractivity contribution in [3.8, 4) is 5.75 Å². The van der Waals surface area contributed by atoms with Gasteiger partial charge in [0.2, 0.25) is 0 Å². The second-order valence-electron chi connectivity index (χ2n) is 4.06. The molecule has 0 radical (unpaired) electrons. The van der Waals surface area contributed by atoms with Gasteiger partial charge in [0.15, 0.2) is 0 Å². The fourth-order valence-electron chi connectivity index (χ4n) is 2.09. The number of rotatable bonds is 2. The highest BCUT2D eigenvalue weighted by Crippen LogP contribution is 2.30. The first kappa shape index (κ1) is 10.3. The molecule has 0 aliphatic carbocycles. The zero-order valence-corrected chi connectivity index (χ0v) is 9.63. The third-order valence-electron chi connectivity index (χ3n) is 2.99. The van der Waals surface area contributed by atoms with E-state index >= 15 is 0 Å². The van der Waals surface area contributed by atoms with Crippen molar-refractivity contribution in [3.63, 3.8) is 0 Å². The predicted octanol–water partition coefficient (Wildman–Crippen LogP) is 1.72. The highest BCUT2D eigenvalue weighted by molar-refractivity contribution is 5.60. The van der Waals surface area contributed by atoms with E-state index in [0.29, 0.717) is 0 Å². The number of anilines is 1. The van der Waals surface area contributed by atoms with E-state index in [0.717, 1.165) is 30.9 Å². The molecule has 0 atom stereocenters. The fourth-order valence-corrected chi connectivity index (χ4v) is 2.09. The first-order valence-electron chi connectivity index (χ1n) is 5.30. The largest absolute Gasteiger partial charge is 0.495 e. The van der Waals surface area contributed by atoms with E-state index in [9.17, 15) is 0 Å². The highest BCUT2D eigenvalue weighted by Gasteiger charge is 2.15. The van der Waals surface area contributed by atoms with Crippen molar-refractivity contribution in [3.05, 3.63) is 23.3 Å². The number of fused-ring (bicyclic) bond motifs is 1. The molecule has 15 heavy (non-hydrogen) atoms. The van der Waals surface area contributed by atoms with E-state index < -0.39 is 0 Å². The van der Waals surface area contributed by atoms with Crippen LogP contribution in [-0.2, 0) is 13.0 Å². The molecule has 0 aromatic heterocycles. The molecule has 0 spiro atoms. The summed E-state index contributed by atoms with van der Waals surface area (Å²) in [5.41, 5.74) is 3.91. The molecule has 1 aliphatic heterocycles. The summed E-state index contributed by atoms with van der Waals surface area (Å²) in [6.45, 7) is 2.17. The summed E-state index contributed by atoms with van der Waals surface area (Å²) in [5, 5.41) is 3.17. The molecule has 3 heteroatoms. The Morgan fingerprint density at radius 3 is 2.80 bits per heavy atom. The lowest BCUT2D eigenvalue weighted by Gasteiger charge is -2.26. The maximum absolute atomic E-state index is 5.35. The van der Waals surface area contributed by atoms with Crippen LogP contribution in [0, 0.1) is 0 Å². The predicted molar refractivity (Wildman–Crippen MR) is 62.6 cm³/mol. The maximum Gasteiger partial charge on any atom is 0.142 e. The SMILES string of the molecule is CNc1cc2c(cc1OC)CCN(C)C2. The molecule has 0 amide bonds. The van der Waals surface area contributed by atoms with Crippen molar-refractivity contribution in [2.24, 2.45) is 0 Å². The zero-order chi connectivity index (χ0) is 10.8. The minimum Gasteiger partial charge on any atom is -0.495 e. The molecular formula is C12H18N2O. The van der Waals surface area contributed by atoms with Gasteiger partial charge in [0.1, 0.15) is 5.75 Å². The number of ether oxygens (including phenoxy) is 1. The van der Waals surface area contributed by atoms with Gasteiger partial charge in [0, 0.05) is 20.1 Å². The normalized spacial score (nSPS) is 15.9. The summed E-state index contributed by atoms with van der Waals surface area (Å²) in [5.74, 6) is 0.945. The molecule has 0 unspecified atom stereocenters. The van der Waals surface area contributed by atoms with Crippen LogP contribution in [0.2, 0.25) is 0 Å². The van der Waals surface area contributed by atoms with Crippen molar-refractivity contribution in [2.45, 2.75) is 13.0 Å². The Hall–Kier alpha value is -1.22. The highest BCUT2D eigenvalue weighted by atomic mass is 16.5. The van der Waals surface area contributed by atoms with Crippen molar-refractivity contribution in [1.29, 1.82) is 0 Å². The molecule has 0 saturated carbocycles. The number of hydrogen-bond donors (Lipinski definition) is 1. The maximum atomic E-state index is 5.35. The zero-order valence-electron chi connectivity index (χ0n) is 9.63. The topological polar surface area (TPSA) is 24.5 Å². The van der Waals surface area contributed by atoms with E-state index in [2.05, 4.69) is 29.4 Å². The number of hydrogen-bond acceptors (Lipinski definition) is 3. The van der Waals surface area contributed by atoms with Gasteiger partial charge in [-0.2, -0.15) is 0 Å². The van der Waals surface area contributed by atoms with Gasteiger partial charge in [0.25, 0.3) is 0 Å². The number of nitrogens with zero attached hydrogens (tertiary/aromatic N) is 1. The van der Waals surface area contributed by atoms with Crippen LogP contribution < -0.4 is 10.1 Å². The lowest BCUT2D eigenvalue weighted by Crippen LogP contribution is -2.26. The molecule has 0 fully saturated rings. The Kier molecular flexibility index (Phi) is 2.82. The molecule has 1 heterocycles. The van der Waals surface area contributed by atoms with E-state index in [-0.39, 0.29) is 0 Å². The van der Waals surface area contributed by atoms with Crippen LogP contribution in [-0.4, -0.2) is 32.6 Å². The monoisotopic (exact) mass is 206 g/mol. The minimum atomic E-state index is 0.945. The van der Waals surface area contributed by atoms with Crippen molar-refractivity contribution >= 4 is 5.69 Å². The van der Waals surface area contributed by atoms with Crippen LogP contribution in [0.3, 0.4) is 0 Å².